The molecule has 0 aliphatic heterocycles. The van der Waals surface area contributed by atoms with E-state index in [4.69, 9.17) is 4.74 Å². The van der Waals surface area contributed by atoms with Crippen LogP contribution in [-0.4, -0.2) is 18.0 Å². The highest BCUT2D eigenvalue weighted by atomic mass is 16.5. The lowest BCUT2D eigenvalue weighted by molar-refractivity contribution is -0.106. The molecule has 0 amide bonds. The van der Waals surface area contributed by atoms with Crippen LogP contribution < -0.4 is 0 Å². The van der Waals surface area contributed by atoms with Gasteiger partial charge in [-0.15, -0.1) is 0 Å². The number of fused-ring (bicyclic) bond motifs is 1. The van der Waals surface area contributed by atoms with Crippen LogP contribution in [-0.2, 0) is 9.53 Å². The van der Waals surface area contributed by atoms with E-state index in [1.54, 1.807) is 0 Å². The SMILES string of the molecule is CC(C)(C)OC1CC=C2C(C=O)=CCCC21C. The van der Waals surface area contributed by atoms with E-state index in [0.29, 0.717) is 0 Å². The average molecular weight is 234 g/mol. The molecule has 0 fully saturated rings. The minimum atomic E-state index is -0.126. The van der Waals surface area contributed by atoms with Gasteiger partial charge in [-0.2, -0.15) is 0 Å². The number of carbonyl (C=O) groups is 1. The fourth-order valence-corrected chi connectivity index (χ4v) is 2.99. The summed E-state index contributed by atoms with van der Waals surface area (Å²) in [6, 6.07) is 0. The van der Waals surface area contributed by atoms with Gasteiger partial charge in [0.1, 0.15) is 6.29 Å². The number of hydrogen-bond donors (Lipinski definition) is 0. The maximum Gasteiger partial charge on any atom is 0.150 e. The van der Waals surface area contributed by atoms with Crippen molar-refractivity contribution in [1.82, 2.24) is 0 Å². The van der Waals surface area contributed by atoms with Gasteiger partial charge in [-0.05, 0) is 45.6 Å². The fourth-order valence-electron chi connectivity index (χ4n) is 2.99. The zero-order valence-corrected chi connectivity index (χ0v) is 11.2. The fraction of sp³-hybridized carbons (Fsp3) is 0.667. The van der Waals surface area contributed by atoms with Crippen LogP contribution in [0.4, 0.5) is 0 Å². The predicted molar refractivity (Wildman–Crippen MR) is 68.8 cm³/mol. The van der Waals surface area contributed by atoms with Crippen LogP contribution in [0.1, 0.15) is 47.0 Å². The van der Waals surface area contributed by atoms with Crippen molar-refractivity contribution in [3.63, 3.8) is 0 Å². The van der Waals surface area contributed by atoms with Gasteiger partial charge >= 0.3 is 0 Å². The number of carbonyl (C=O) groups excluding carboxylic acids is 1. The molecule has 0 aromatic rings. The van der Waals surface area contributed by atoms with Crippen LogP contribution in [0.15, 0.2) is 23.3 Å². The third-order valence-corrected chi connectivity index (χ3v) is 3.82. The third kappa shape index (κ3) is 2.23. The lowest BCUT2D eigenvalue weighted by Gasteiger charge is -2.40. The van der Waals surface area contributed by atoms with Crippen LogP contribution in [0.25, 0.3) is 0 Å². The maximum absolute atomic E-state index is 11.1. The standard InChI is InChI=1S/C15H22O2/c1-14(2,3)17-13-8-7-12-11(10-16)6-5-9-15(12,13)4/h6-7,10,13H,5,8-9H2,1-4H3. The molecule has 0 spiro atoms. The van der Waals surface area contributed by atoms with E-state index in [2.05, 4.69) is 39.8 Å². The largest absolute Gasteiger partial charge is 0.371 e. The monoisotopic (exact) mass is 234 g/mol. The molecule has 0 N–H and O–H groups in total. The number of aldehydes is 1. The van der Waals surface area contributed by atoms with Gasteiger partial charge in [0.15, 0.2) is 0 Å². The van der Waals surface area contributed by atoms with Crippen LogP contribution in [0.3, 0.4) is 0 Å². The van der Waals surface area contributed by atoms with E-state index >= 15 is 0 Å². The number of hydrogen-bond acceptors (Lipinski definition) is 2. The summed E-state index contributed by atoms with van der Waals surface area (Å²) in [6.07, 6.45) is 8.43. The zero-order chi connectivity index (χ0) is 12.7. The summed E-state index contributed by atoms with van der Waals surface area (Å²) < 4.78 is 6.17. The first-order valence-corrected chi connectivity index (χ1v) is 6.41. The molecule has 0 bridgehead atoms. The molecule has 17 heavy (non-hydrogen) atoms. The summed E-state index contributed by atoms with van der Waals surface area (Å²) >= 11 is 0. The number of allylic oxidation sites excluding steroid dienone is 2. The Kier molecular flexibility index (Phi) is 3.03. The van der Waals surface area contributed by atoms with Crippen molar-refractivity contribution in [1.29, 1.82) is 0 Å². The molecule has 2 heteroatoms. The topological polar surface area (TPSA) is 26.3 Å². The summed E-state index contributed by atoms with van der Waals surface area (Å²) in [6.45, 7) is 8.51. The van der Waals surface area contributed by atoms with E-state index < -0.39 is 0 Å². The molecule has 0 aromatic heterocycles. The van der Waals surface area contributed by atoms with E-state index in [1.165, 1.54) is 5.57 Å². The predicted octanol–water partition coefficient (Wildman–Crippen LogP) is 3.43. The Morgan fingerprint density at radius 1 is 1.41 bits per heavy atom. The van der Waals surface area contributed by atoms with Crippen LogP contribution in [0.2, 0.25) is 0 Å². The summed E-state index contributed by atoms with van der Waals surface area (Å²) in [5.41, 5.74) is 1.98. The molecule has 0 heterocycles. The Bertz CT molecular complexity index is 384. The van der Waals surface area contributed by atoms with Gasteiger partial charge in [-0.3, -0.25) is 4.79 Å². The quantitative estimate of drug-likeness (QED) is 0.684. The van der Waals surface area contributed by atoms with Gasteiger partial charge in [0.2, 0.25) is 0 Å². The minimum absolute atomic E-state index is 0.0261. The van der Waals surface area contributed by atoms with Crippen molar-refractivity contribution >= 4 is 6.29 Å². The first-order valence-electron chi connectivity index (χ1n) is 6.41. The molecule has 2 nitrogen and oxygen atoms in total. The zero-order valence-electron chi connectivity index (χ0n) is 11.2. The Morgan fingerprint density at radius 3 is 2.71 bits per heavy atom. The second-order valence-electron chi connectivity index (χ2n) is 6.31. The Balaban J connectivity index is 2.24. The Morgan fingerprint density at radius 2 is 2.12 bits per heavy atom. The lowest BCUT2D eigenvalue weighted by Crippen LogP contribution is -2.39. The normalized spacial score (nSPS) is 32.8. The van der Waals surface area contributed by atoms with Crippen LogP contribution in [0.5, 0.6) is 0 Å². The minimum Gasteiger partial charge on any atom is -0.371 e. The molecule has 0 radical (unpaired) electrons. The highest BCUT2D eigenvalue weighted by Crippen LogP contribution is 2.50. The molecule has 0 saturated carbocycles. The molecular formula is C15H22O2. The van der Waals surface area contributed by atoms with Gasteiger partial charge in [0, 0.05) is 11.0 Å². The third-order valence-electron chi connectivity index (χ3n) is 3.82. The van der Waals surface area contributed by atoms with Gasteiger partial charge < -0.3 is 4.74 Å². The average Bonchev–Trinajstić information content (AvgIpc) is 2.53. The van der Waals surface area contributed by atoms with Gasteiger partial charge in [-0.1, -0.05) is 19.1 Å². The molecule has 2 atom stereocenters. The Hall–Kier alpha value is -0.890. The van der Waals surface area contributed by atoms with Crippen molar-refractivity contribution in [2.24, 2.45) is 5.41 Å². The summed E-state index contributed by atoms with van der Waals surface area (Å²) in [7, 11) is 0. The summed E-state index contributed by atoms with van der Waals surface area (Å²) in [5, 5.41) is 0. The molecule has 94 valence electrons. The highest BCUT2D eigenvalue weighted by Gasteiger charge is 2.45. The molecular weight excluding hydrogens is 212 g/mol. The lowest BCUT2D eigenvalue weighted by atomic mass is 9.71. The van der Waals surface area contributed by atoms with Crippen molar-refractivity contribution in [3.8, 4) is 0 Å². The van der Waals surface area contributed by atoms with Crippen molar-refractivity contribution in [2.45, 2.75) is 58.7 Å². The van der Waals surface area contributed by atoms with E-state index in [-0.39, 0.29) is 17.1 Å². The first kappa shape index (κ1) is 12.6. The second-order valence-corrected chi connectivity index (χ2v) is 6.31. The maximum atomic E-state index is 11.1. The molecule has 2 unspecified atom stereocenters. The number of ether oxygens (including phenoxy) is 1. The first-order chi connectivity index (χ1) is 7.87. The van der Waals surface area contributed by atoms with Gasteiger partial charge in [0.25, 0.3) is 0 Å². The molecule has 0 saturated heterocycles. The molecule has 2 aliphatic rings. The highest BCUT2D eigenvalue weighted by molar-refractivity contribution is 5.82. The molecule has 2 aliphatic carbocycles. The number of rotatable bonds is 2. The van der Waals surface area contributed by atoms with Crippen molar-refractivity contribution in [3.05, 3.63) is 23.3 Å². The summed E-state index contributed by atoms with van der Waals surface area (Å²) in [4.78, 5) is 11.1. The van der Waals surface area contributed by atoms with E-state index in [1.807, 2.05) is 0 Å². The van der Waals surface area contributed by atoms with E-state index in [9.17, 15) is 4.79 Å². The van der Waals surface area contributed by atoms with Gasteiger partial charge in [-0.25, -0.2) is 0 Å². The molecule has 2 rings (SSSR count). The summed E-state index contributed by atoms with van der Waals surface area (Å²) in [5.74, 6) is 0. The second kappa shape index (κ2) is 4.09. The smallest absolute Gasteiger partial charge is 0.150 e. The van der Waals surface area contributed by atoms with Crippen LogP contribution in [0, 0.1) is 5.41 Å². The van der Waals surface area contributed by atoms with Gasteiger partial charge in [0.05, 0.1) is 11.7 Å². The van der Waals surface area contributed by atoms with Crippen molar-refractivity contribution in [2.75, 3.05) is 0 Å². The van der Waals surface area contributed by atoms with Crippen LogP contribution >= 0.6 is 0 Å². The van der Waals surface area contributed by atoms with Crippen molar-refractivity contribution < 1.29 is 9.53 Å². The van der Waals surface area contributed by atoms with E-state index in [0.717, 1.165) is 31.1 Å². The molecule has 0 aromatic carbocycles. The Labute approximate surface area is 104 Å².